The molecule has 25 heavy (non-hydrogen) atoms. The second kappa shape index (κ2) is 9.90. The van der Waals surface area contributed by atoms with Crippen molar-refractivity contribution in [1.82, 2.24) is 5.32 Å². The summed E-state index contributed by atoms with van der Waals surface area (Å²) in [7, 11) is 0. The summed E-state index contributed by atoms with van der Waals surface area (Å²) in [5.74, 6) is -0.0796. The minimum Gasteiger partial charge on any atom is -0.387 e. The lowest BCUT2D eigenvalue weighted by Gasteiger charge is -2.13. The SMILES string of the molecule is CSc1ccc(C(O)CNC(=O)Cc2ccc(SC(C)C)cc2)cc1. The number of aliphatic hydroxyl groups excluding tert-OH is 1. The first kappa shape index (κ1) is 19.9. The molecule has 0 aliphatic carbocycles. The molecular formula is C20H25NO2S2. The van der Waals surface area contributed by atoms with Crippen LogP contribution in [-0.4, -0.2) is 29.1 Å². The van der Waals surface area contributed by atoms with Crippen LogP contribution in [0.4, 0.5) is 0 Å². The molecule has 0 aliphatic rings. The van der Waals surface area contributed by atoms with Crippen LogP contribution < -0.4 is 5.32 Å². The number of benzene rings is 2. The number of thioether (sulfide) groups is 2. The average Bonchev–Trinajstić information content (AvgIpc) is 2.61. The van der Waals surface area contributed by atoms with E-state index in [1.54, 1.807) is 23.5 Å². The molecule has 2 aromatic rings. The first-order chi connectivity index (χ1) is 12.0. The Bertz CT molecular complexity index is 669. The molecule has 5 heteroatoms. The predicted octanol–water partition coefficient (Wildman–Crippen LogP) is 4.30. The summed E-state index contributed by atoms with van der Waals surface area (Å²) in [5.41, 5.74) is 1.79. The summed E-state index contributed by atoms with van der Waals surface area (Å²) in [5, 5.41) is 13.5. The number of carbonyl (C=O) groups excluding carboxylic acids is 1. The van der Waals surface area contributed by atoms with E-state index in [1.807, 2.05) is 42.7 Å². The van der Waals surface area contributed by atoms with Gasteiger partial charge in [0.1, 0.15) is 0 Å². The van der Waals surface area contributed by atoms with Crippen molar-refractivity contribution >= 4 is 29.4 Å². The molecule has 3 nitrogen and oxygen atoms in total. The maximum Gasteiger partial charge on any atom is 0.224 e. The number of hydrogen-bond acceptors (Lipinski definition) is 4. The third-order valence-electron chi connectivity index (χ3n) is 3.65. The zero-order chi connectivity index (χ0) is 18.2. The number of aliphatic hydroxyl groups is 1. The number of amides is 1. The monoisotopic (exact) mass is 375 g/mol. The molecule has 0 saturated carbocycles. The number of hydrogen-bond donors (Lipinski definition) is 2. The molecule has 1 unspecified atom stereocenters. The molecule has 1 amide bonds. The number of nitrogens with one attached hydrogen (secondary N) is 1. The van der Waals surface area contributed by atoms with E-state index in [0.717, 1.165) is 16.0 Å². The topological polar surface area (TPSA) is 49.3 Å². The van der Waals surface area contributed by atoms with Gasteiger partial charge in [-0.15, -0.1) is 23.5 Å². The largest absolute Gasteiger partial charge is 0.387 e. The molecule has 2 N–H and O–H groups in total. The summed E-state index contributed by atoms with van der Waals surface area (Å²) in [6.07, 6.45) is 1.65. The maximum atomic E-state index is 12.1. The summed E-state index contributed by atoms with van der Waals surface area (Å²) in [6, 6.07) is 15.8. The molecule has 0 radical (unpaired) electrons. The first-order valence-electron chi connectivity index (χ1n) is 8.32. The van der Waals surface area contributed by atoms with Gasteiger partial charge in [-0.3, -0.25) is 4.79 Å². The predicted molar refractivity (Wildman–Crippen MR) is 107 cm³/mol. The van der Waals surface area contributed by atoms with Crippen LogP contribution in [0.15, 0.2) is 58.3 Å². The van der Waals surface area contributed by atoms with E-state index >= 15 is 0 Å². The Kier molecular flexibility index (Phi) is 7.88. The lowest BCUT2D eigenvalue weighted by molar-refractivity contribution is -0.120. The van der Waals surface area contributed by atoms with Crippen LogP contribution >= 0.6 is 23.5 Å². The van der Waals surface area contributed by atoms with E-state index in [1.165, 1.54) is 4.90 Å². The number of carbonyl (C=O) groups is 1. The minimum atomic E-state index is -0.690. The Morgan fingerprint density at radius 3 is 2.20 bits per heavy atom. The van der Waals surface area contributed by atoms with E-state index in [9.17, 15) is 9.90 Å². The van der Waals surface area contributed by atoms with Gasteiger partial charge in [0.15, 0.2) is 0 Å². The van der Waals surface area contributed by atoms with Gasteiger partial charge in [-0.1, -0.05) is 38.1 Å². The number of rotatable bonds is 8. The lowest BCUT2D eigenvalue weighted by Crippen LogP contribution is -2.29. The van der Waals surface area contributed by atoms with Crippen LogP contribution in [0.25, 0.3) is 0 Å². The van der Waals surface area contributed by atoms with Crippen LogP contribution in [0.1, 0.15) is 31.1 Å². The Labute approximate surface area is 158 Å². The van der Waals surface area contributed by atoms with Crippen molar-refractivity contribution in [3.05, 3.63) is 59.7 Å². The smallest absolute Gasteiger partial charge is 0.224 e. The van der Waals surface area contributed by atoms with Crippen LogP contribution in [-0.2, 0) is 11.2 Å². The fourth-order valence-electron chi connectivity index (χ4n) is 2.36. The van der Waals surface area contributed by atoms with E-state index in [2.05, 4.69) is 31.3 Å². The molecular weight excluding hydrogens is 350 g/mol. The van der Waals surface area contributed by atoms with Crippen molar-refractivity contribution in [2.75, 3.05) is 12.8 Å². The summed E-state index contributed by atoms with van der Waals surface area (Å²) in [4.78, 5) is 14.4. The Morgan fingerprint density at radius 1 is 1.04 bits per heavy atom. The average molecular weight is 376 g/mol. The fraction of sp³-hybridized carbons (Fsp3) is 0.350. The second-order valence-electron chi connectivity index (χ2n) is 6.08. The van der Waals surface area contributed by atoms with Gasteiger partial charge in [0.2, 0.25) is 5.91 Å². The molecule has 134 valence electrons. The highest BCUT2D eigenvalue weighted by Crippen LogP contribution is 2.23. The third-order valence-corrected chi connectivity index (χ3v) is 5.41. The molecule has 0 spiro atoms. The van der Waals surface area contributed by atoms with E-state index in [-0.39, 0.29) is 12.5 Å². The first-order valence-corrected chi connectivity index (χ1v) is 10.4. The third kappa shape index (κ3) is 6.77. The Balaban J connectivity index is 1.81. The maximum absolute atomic E-state index is 12.1. The van der Waals surface area contributed by atoms with E-state index < -0.39 is 6.10 Å². The highest BCUT2D eigenvalue weighted by molar-refractivity contribution is 7.99. The summed E-state index contributed by atoms with van der Waals surface area (Å²) < 4.78 is 0. The molecule has 2 rings (SSSR count). The lowest BCUT2D eigenvalue weighted by atomic mass is 10.1. The molecule has 0 bridgehead atoms. The van der Waals surface area contributed by atoms with Gasteiger partial charge in [0.05, 0.1) is 12.5 Å². The zero-order valence-corrected chi connectivity index (χ0v) is 16.5. The van der Waals surface area contributed by atoms with Gasteiger partial charge < -0.3 is 10.4 Å². The zero-order valence-electron chi connectivity index (χ0n) is 14.9. The van der Waals surface area contributed by atoms with Crippen molar-refractivity contribution in [2.45, 2.75) is 41.4 Å². The quantitative estimate of drug-likeness (QED) is 0.676. The fourth-order valence-corrected chi connectivity index (χ4v) is 3.61. The highest BCUT2D eigenvalue weighted by atomic mass is 32.2. The molecule has 0 aliphatic heterocycles. The molecule has 0 fully saturated rings. The van der Waals surface area contributed by atoms with Crippen molar-refractivity contribution in [2.24, 2.45) is 0 Å². The van der Waals surface area contributed by atoms with E-state index in [0.29, 0.717) is 11.7 Å². The van der Waals surface area contributed by atoms with Gasteiger partial charge in [-0.25, -0.2) is 0 Å². The van der Waals surface area contributed by atoms with Crippen molar-refractivity contribution < 1.29 is 9.90 Å². The summed E-state index contributed by atoms with van der Waals surface area (Å²) >= 11 is 3.47. The second-order valence-corrected chi connectivity index (χ2v) is 8.61. The van der Waals surface area contributed by atoms with Crippen LogP contribution in [0.2, 0.25) is 0 Å². The van der Waals surface area contributed by atoms with Gasteiger partial charge >= 0.3 is 0 Å². The van der Waals surface area contributed by atoms with Crippen LogP contribution in [0.5, 0.6) is 0 Å². The van der Waals surface area contributed by atoms with E-state index in [4.69, 9.17) is 0 Å². The van der Waals surface area contributed by atoms with Crippen molar-refractivity contribution in [3.63, 3.8) is 0 Å². The van der Waals surface area contributed by atoms with Crippen molar-refractivity contribution in [1.29, 1.82) is 0 Å². The molecule has 2 aromatic carbocycles. The van der Waals surface area contributed by atoms with Crippen LogP contribution in [0, 0.1) is 0 Å². The highest BCUT2D eigenvalue weighted by Gasteiger charge is 2.10. The van der Waals surface area contributed by atoms with Gasteiger partial charge in [-0.2, -0.15) is 0 Å². The molecule has 0 aromatic heterocycles. The van der Waals surface area contributed by atoms with Crippen molar-refractivity contribution in [3.8, 4) is 0 Å². The molecule has 0 saturated heterocycles. The normalized spacial score (nSPS) is 12.2. The minimum absolute atomic E-state index is 0.0796. The van der Waals surface area contributed by atoms with Crippen LogP contribution in [0.3, 0.4) is 0 Å². The molecule has 1 atom stereocenters. The van der Waals surface area contributed by atoms with Gasteiger partial charge in [0, 0.05) is 21.6 Å². The van der Waals surface area contributed by atoms with Gasteiger partial charge in [0.25, 0.3) is 0 Å². The Hall–Kier alpha value is -1.43. The standard InChI is InChI=1S/C20H25NO2S2/c1-14(2)25-18-8-4-15(5-9-18)12-20(23)21-13-19(22)16-6-10-17(24-3)11-7-16/h4-11,14,19,22H,12-13H2,1-3H3,(H,21,23). The molecule has 0 heterocycles. The summed E-state index contributed by atoms with van der Waals surface area (Å²) in [6.45, 7) is 4.54. The Morgan fingerprint density at radius 2 is 1.64 bits per heavy atom. The van der Waals surface area contributed by atoms with Gasteiger partial charge in [-0.05, 0) is 41.6 Å².